The Morgan fingerprint density at radius 2 is 1.65 bits per heavy atom. The third-order valence-corrected chi connectivity index (χ3v) is 7.04. The maximum atomic E-state index is 12.7. The van der Waals surface area contributed by atoms with Crippen LogP contribution < -0.4 is 0 Å². The third-order valence-electron chi connectivity index (χ3n) is 7.04. The molecule has 0 aromatic heterocycles. The van der Waals surface area contributed by atoms with E-state index in [0.717, 1.165) is 6.08 Å². The van der Waals surface area contributed by atoms with Crippen LogP contribution in [0.3, 0.4) is 0 Å². The quantitative estimate of drug-likeness (QED) is 0.0806. The van der Waals surface area contributed by atoms with Crippen molar-refractivity contribution < 1.29 is 74.4 Å². The molecule has 2 aromatic carbocycles. The predicted molar refractivity (Wildman–Crippen MR) is 143 cm³/mol. The van der Waals surface area contributed by atoms with Gasteiger partial charge in [-0.1, -0.05) is 12.1 Å². The average molecular weight is 611 g/mol. The zero-order valence-corrected chi connectivity index (χ0v) is 22.7. The van der Waals surface area contributed by atoms with Gasteiger partial charge in [-0.3, -0.25) is 0 Å². The van der Waals surface area contributed by atoms with Crippen molar-refractivity contribution in [2.45, 2.75) is 55.1 Å². The van der Waals surface area contributed by atoms with Gasteiger partial charge in [0.25, 0.3) is 0 Å². The summed E-state index contributed by atoms with van der Waals surface area (Å²) in [5, 5.41) is 89.8. The van der Waals surface area contributed by atoms with Crippen LogP contribution in [0.5, 0.6) is 23.0 Å². The molecule has 2 heterocycles. The molecule has 2 saturated heterocycles. The van der Waals surface area contributed by atoms with Crippen molar-refractivity contribution in [2.24, 2.45) is 0 Å². The van der Waals surface area contributed by atoms with Crippen LogP contribution in [-0.2, 0) is 34.9 Å². The molecular formula is C28H34O15. The largest absolute Gasteiger partial charge is 0.504 e. The first kappa shape index (κ1) is 32.4. The summed E-state index contributed by atoms with van der Waals surface area (Å²) in [4.78, 5) is 12.7. The van der Waals surface area contributed by atoms with Gasteiger partial charge in [-0.25, -0.2) is 4.79 Å². The second-order valence-corrected chi connectivity index (χ2v) is 10.1. The van der Waals surface area contributed by atoms with Crippen LogP contribution >= 0.6 is 0 Å². The highest BCUT2D eigenvalue weighted by atomic mass is 16.7. The minimum Gasteiger partial charge on any atom is -0.504 e. The summed E-state index contributed by atoms with van der Waals surface area (Å²) in [7, 11) is 0. The van der Waals surface area contributed by atoms with E-state index in [9.17, 15) is 50.8 Å². The number of phenols is 4. The van der Waals surface area contributed by atoms with Gasteiger partial charge in [-0.15, -0.1) is 0 Å². The van der Waals surface area contributed by atoms with E-state index in [-0.39, 0.29) is 30.3 Å². The number of hydrogen-bond acceptors (Lipinski definition) is 15. The summed E-state index contributed by atoms with van der Waals surface area (Å²) in [6.45, 7) is -2.18. The molecule has 43 heavy (non-hydrogen) atoms. The molecule has 2 aliphatic heterocycles. The van der Waals surface area contributed by atoms with E-state index in [0.29, 0.717) is 11.1 Å². The minimum absolute atomic E-state index is 0.0731. The fourth-order valence-corrected chi connectivity index (χ4v) is 4.54. The zero-order chi connectivity index (χ0) is 31.3. The molecule has 15 heteroatoms. The highest BCUT2D eigenvalue weighted by Gasteiger charge is 2.54. The van der Waals surface area contributed by atoms with Crippen LogP contribution in [0.15, 0.2) is 42.5 Å². The van der Waals surface area contributed by atoms with E-state index in [2.05, 4.69) is 0 Å². The number of carbonyl (C=O) groups is 1. The van der Waals surface area contributed by atoms with Crippen LogP contribution in [0.4, 0.5) is 0 Å². The van der Waals surface area contributed by atoms with E-state index in [1.165, 1.54) is 36.4 Å². The Labute approximate surface area is 245 Å². The topological polar surface area (TPSA) is 245 Å². The lowest BCUT2D eigenvalue weighted by Crippen LogP contribution is -2.62. The lowest BCUT2D eigenvalue weighted by Gasteiger charge is -2.44. The molecular weight excluding hydrogens is 576 g/mol. The monoisotopic (exact) mass is 610 g/mol. The maximum absolute atomic E-state index is 12.7. The van der Waals surface area contributed by atoms with Crippen molar-refractivity contribution >= 4 is 12.0 Å². The Bertz CT molecular complexity index is 1280. The number of aromatic hydroxyl groups is 4. The Morgan fingerprint density at radius 3 is 2.28 bits per heavy atom. The van der Waals surface area contributed by atoms with E-state index in [1.54, 1.807) is 6.07 Å². The highest BCUT2D eigenvalue weighted by molar-refractivity contribution is 5.87. The first-order chi connectivity index (χ1) is 20.4. The fraction of sp³-hybridized carbons (Fsp3) is 0.464. The van der Waals surface area contributed by atoms with Gasteiger partial charge in [0.1, 0.15) is 30.0 Å². The van der Waals surface area contributed by atoms with Crippen LogP contribution in [-0.4, -0.2) is 127 Å². The molecule has 236 valence electrons. The first-order valence-electron chi connectivity index (χ1n) is 13.2. The average Bonchev–Trinajstić information content (AvgIpc) is 3.27. The SMILES string of the molecule is O=C(C=Cc1ccc(O)c(O)c1)O[C@H]1[C@H](O[C@@H]2OC[C@](O)(CO)[C@H]2O)[C@@H](O)[C@H](OCCc2ccc(O)c(O)c2)O[C@@H]1CO. The van der Waals surface area contributed by atoms with E-state index >= 15 is 0 Å². The Morgan fingerprint density at radius 1 is 0.953 bits per heavy atom. The van der Waals surface area contributed by atoms with Gasteiger partial charge in [0.2, 0.25) is 0 Å². The molecule has 2 aliphatic rings. The molecule has 2 aromatic rings. The number of phenolic OH excluding ortho intramolecular Hbond substituents is 4. The van der Waals surface area contributed by atoms with Gasteiger partial charge in [-0.05, 0) is 47.9 Å². The molecule has 0 spiro atoms. The minimum atomic E-state index is -2.06. The Kier molecular flexibility index (Phi) is 10.4. The standard InChI is InChI=1S/C28H34O15/c29-11-20-23(42-21(35)6-3-14-1-4-16(31)18(33)9-14)24(43-27-25(37)28(38,12-30)13-40-27)22(36)26(41-20)39-8-7-15-2-5-17(32)19(34)10-15/h1-6,9-10,20,22-27,29-34,36-38H,7-8,11-13H2/t20-,22-,23-,24-,25+,26-,27+,28-/m1/s1. The maximum Gasteiger partial charge on any atom is 0.331 e. The molecule has 9 N–H and O–H groups in total. The van der Waals surface area contributed by atoms with Crippen LogP contribution in [0.25, 0.3) is 6.08 Å². The van der Waals surface area contributed by atoms with Crippen molar-refractivity contribution in [2.75, 3.05) is 26.4 Å². The second-order valence-electron chi connectivity index (χ2n) is 10.1. The molecule has 15 nitrogen and oxygen atoms in total. The van der Waals surface area contributed by atoms with Crippen molar-refractivity contribution in [1.29, 1.82) is 0 Å². The number of rotatable bonds is 11. The van der Waals surface area contributed by atoms with E-state index in [1.807, 2.05) is 0 Å². The summed E-state index contributed by atoms with van der Waals surface area (Å²) in [6, 6.07) is 7.98. The molecule has 8 atom stereocenters. The Balaban J connectivity index is 1.50. The summed E-state index contributed by atoms with van der Waals surface area (Å²) < 4.78 is 27.8. The van der Waals surface area contributed by atoms with Gasteiger partial charge in [0, 0.05) is 6.08 Å². The third kappa shape index (κ3) is 7.53. The first-order valence-corrected chi connectivity index (χ1v) is 13.2. The summed E-state index contributed by atoms with van der Waals surface area (Å²) in [5.41, 5.74) is -1.15. The zero-order valence-electron chi connectivity index (χ0n) is 22.7. The molecule has 0 saturated carbocycles. The van der Waals surface area contributed by atoms with Crippen LogP contribution in [0, 0.1) is 0 Å². The van der Waals surface area contributed by atoms with Crippen LogP contribution in [0.2, 0.25) is 0 Å². The van der Waals surface area contributed by atoms with Gasteiger partial charge >= 0.3 is 5.97 Å². The molecule has 0 radical (unpaired) electrons. The van der Waals surface area contributed by atoms with Crippen molar-refractivity contribution in [3.63, 3.8) is 0 Å². The molecule has 0 aliphatic carbocycles. The molecule has 0 unspecified atom stereocenters. The van der Waals surface area contributed by atoms with Gasteiger partial charge in [0.15, 0.2) is 41.7 Å². The Hall–Kier alpha value is -3.51. The van der Waals surface area contributed by atoms with Crippen molar-refractivity contribution in [3.8, 4) is 23.0 Å². The second kappa shape index (κ2) is 13.9. The van der Waals surface area contributed by atoms with Crippen molar-refractivity contribution in [1.82, 2.24) is 0 Å². The number of hydrogen-bond donors (Lipinski definition) is 9. The summed E-state index contributed by atoms with van der Waals surface area (Å²) in [6.07, 6.45) is -8.43. The number of carbonyl (C=O) groups excluding carboxylic acids is 1. The van der Waals surface area contributed by atoms with E-state index in [4.69, 9.17) is 23.7 Å². The lowest BCUT2D eigenvalue weighted by atomic mass is 9.97. The van der Waals surface area contributed by atoms with E-state index < -0.39 is 80.2 Å². The fourth-order valence-electron chi connectivity index (χ4n) is 4.54. The summed E-state index contributed by atoms with van der Waals surface area (Å²) >= 11 is 0. The van der Waals surface area contributed by atoms with Gasteiger partial charge in [-0.2, -0.15) is 0 Å². The van der Waals surface area contributed by atoms with Gasteiger partial charge < -0.3 is 69.6 Å². The van der Waals surface area contributed by atoms with Crippen LogP contribution in [0.1, 0.15) is 11.1 Å². The summed E-state index contributed by atoms with van der Waals surface area (Å²) in [5.74, 6) is -2.39. The van der Waals surface area contributed by atoms with Gasteiger partial charge in [0.05, 0.1) is 26.4 Å². The molecule has 2 fully saturated rings. The number of benzene rings is 2. The smallest absolute Gasteiger partial charge is 0.331 e. The molecule has 0 bridgehead atoms. The number of aliphatic hydroxyl groups is 5. The number of aliphatic hydroxyl groups excluding tert-OH is 4. The highest BCUT2D eigenvalue weighted by Crippen LogP contribution is 2.33. The number of esters is 1. The molecule has 0 amide bonds. The number of ether oxygens (including phenoxy) is 5. The van der Waals surface area contributed by atoms with Crippen molar-refractivity contribution in [3.05, 3.63) is 53.6 Å². The lowest BCUT2D eigenvalue weighted by molar-refractivity contribution is -0.330. The predicted octanol–water partition coefficient (Wildman–Crippen LogP) is -1.40. The normalized spacial score (nSPS) is 31.0. The molecule has 4 rings (SSSR count).